The molecule has 0 aromatic carbocycles. The standard InChI is InChI=1S/C13H17F3N2O3/c1-3-11(2)4-8(18-21-11)9-7-5-17-6-12(7,9)20-10(19)13(14,15)16/h7,9,17H,3-6H2,1-2H3. The molecule has 4 atom stereocenters. The van der Waals surface area contributed by atoms with E-state index in [9.17, 15) is 18.0 Å². The van der Waals surface area contributed by atoms with Gasteiger partial charge in [-0.15, -0.1) is 0 Å². The van der Waals surface area contributed by atoms with Gasteiger partial charge in [0.05, 0.1) is 11.6 Å². The van der Waals surface area contributed by atoms with E-state index in [2.05, 4.69) is 10.5 Å². The smallest absolute Gasteiger partial charge is 0.450 e. The summed E-state index contributed by atoms with van der Waals surface area (Å²) in [6.45, 7) is 4.63. The predicted molar refractivity (Wildman–Crippen MR) is 66.6 cm³/mol. The van der Waals surface area contributed by atoms with Crippen LogP contribution in [0.2, 0.25) is 0 Å². The number of oxime groups is 1. The molecular formula is C13H17F3N2O3. The van der Waals surface area contributed by atoms with Crippen molar-refractivity contribution in [2.45, 2.75) is 44.1 Å². The lowest BCUT2D eigenvalue weighted by molar-refractivity contribution is -0.207. The molecule has 118 valence electrons. The Balaban J connectivity index is 1.73. The number of piperidine rings is 1. The van der Waals surface area contributed by atoms with Crippen LogP contribution in [0.1, 0.15) is 26.7 Å². The molecule has 0 bridgehead atoms. The molecular weight excluding hydrogens is 289 g/mol. The number of nitrogens with one attached hydrogen (secondary N) is 1. The molecule has 0 aromatic rings. The maximum Gasteiger partial charge on any atom is 0.490 e. The third-order valence-corrected chi connectivity index (χ3v) is 4.77. The molecule has 4 unspecified atom stereocenters. The van der Waals surface area contributed by atoms with Gasteiger partial charge in [0, 0.05) is 25.4 Å². The lowest BCUT2D eigenvalue weighted by Gasteiger charge is -2.19. The Morgan fingerprint density at radius 2 is 2.29 bits per heavy atom. The molecule has 2 aliphatic heterocycles. The number of fused-ring (bicyclic) bond motifs is 1. The lowest BCUT2D eigenvalue weighted by Crippen LogP contribution is -2.37. The molecule has 0 spiro atoms. The first-order valence-corrected chi connectivity index (χ1v) is 6.98. The minimum absolute atomic E-state index is 0.148. The van der Waals surface area contributed by atoms with Crippen molar-refractivity contribution in [2.24, 2.45) is 17.0 Å². The second kappa shape index (κ2) is 4.34. The van der Waals surface area contributed by atoms with E-state index >= 15 is 0 Å². The number of alkyl halides is 3. The van der Waals surface area contributed by atoms with Gasteiger partial charge in [-0.25, -0.2) is 4.79 Å². The Bertz CT molecular complexity index is 507. The number of hydrogen-bond donors (Lipinski definition) is 1. The van der Waals surface area contributed by atoms with Gasteiger partial charge in [-0.2, -0.15) is 13.2 Å². The molecule has 0 aromatic heterocycles. The van der Waals surface area contributed by atoms with Crippen molar-refractivity contribution in [3.8, 4) is 0 Å². The van der Waals surface area contributed by atoms with Gasteiger partial charge in [0.15, 0.2) is 0 Å². The number of carbonyl (C=O) groups excluding carboxylic acids is 1. The van der Waals surface area contributed by atoms with Crippen molar-refractivity contribution in [1.82, 2.24) is 5.32 Å². The Morgan fingerprint density at radius 1 is 1.57 bits per heavy atom. The molecule has 21 heavy (non-hydrogen) atoms. The minimum Gasteiger partial charge on any atom is -0.450 e. The van der Waals surface area contributed by atoms with Gasteiger partial charge in [0.25, 0.3) is 0 Å². The average molecular weight is 306 g/mol. The van der Waals surface area contributed by atoms with Crippen LogP contribution in [0.3, 0.4) is 0 Å². The van der Waals surface area contributed by atoms with Crippen molar-refractivity contribution < 1.29 is 27.5 Å². The third kappa shape index (κ3) is 2.20. The maximum atomic E-state index is 12.4. The summed E-state index contributed by atoms with van der Waals surface area (Å²) in [6, 6.07) is 0. The quantitative estimate of drug-likeness (QED) is 0.805. The first-order valence-electron chi connectivity index (χ1n) is 6.98. The van der Waals surface area contributed by atoms with E-state index in [-0.39, 0.29) is 18.4 Å². The van der Waals surface area contributed by atoms with Gasteiger partial charge >= 0.3 is 12.1 Å². The van der Waals surface area contributed by atoms with E-state index in [4.69, 9.17) is 9.57 Å². The summed E-state index contributed by atoms with van der Waals surface area (Å²) in [6.07, 6.45) is -3.65. The minimum atomic E-state index is -4.97. The number of halogens is 3. The summed E-state index contributed by atoms with van der Waals surface area (Å²) in [7, 11) is 0. The molecule has 1 saturated carbocycles. The fraction of sp³-hybridized carbons (Fsp3) is 0.846. The fourth-order valence-electron chi connectivity index (χ4n) is 3.34. The zero-order valence-electron chi connectivity index (χ0n) is 11.8. The highest BCUT2D eigenvalue weighted by atomic mass is 19.4. The molecule has 0 radical (unpaired) electrons. The van der Waals surface area contributed by atoms with Crippen molar-refractivity contribution in [2.75, 3.05) is 13.1 Å². The van der Waals surface area contributed by atoms with Crippen LogP contribution >= 0.6 is 0 Å². The summed E-state index contributed by atoms with van der Waals surface area (Å²) in [5, 5.41) is 7.00. The van der Waals surface area contributed by atoms with Crippen LogP contribution in [0.4, 0.5) is 13.2 Å². The molecule has 2 heterocycles. The van der Waals surface area contributed by atoms with Crippen molar-refractivity contribution in [1.29, 1.82) is 0 Å². The number of esters is 1. The average Bonchev–Trinajstić information content (AvgIpc) is 2.75. The summed E-state index contributed by atoms with van der Waals surface area (Å²) in [4.78, 5) is 16.5. The van der Waals surface area contributed by atoms with E-state index in [1.54, 1.807) is 0 Å². The highest BCUT2D eigenvalue weighted by molar-refractivity contribution is 5.94. The van der Waals surface area contributed by atoms with Crippen LogP contribution in [0, 0.1) is 11.8 Å². The molecule has 1 saturated heterocycles. The van der Waals surface area contributed by atoms with Gasteiger partial charge in [-0.1, -0.05) is 12.1 Å². The molecule has 1 N–H and O–H groups in total. The third-order valence-electron chi connectivity index (χ3n) is 4.77. The summed E-state index contributed by atoms with van der Waals surface area (Å²) >= 11 is 0. The van der Waals surface area contributed by atoms with E-state index in [0.29, 0.717) is 18.7 Å². The first kappa shape index (κ1) is 14.6. The van der Waals surface area contributed by atoms with Crippen LogP contribution in [0.5, 0.6) is 0 Å². The largest absolute Gasteiger partial charge is 0.490 e. The monoisotopic (exact) mass is 306 g/mol. The second-order valence-corrected chi connectivity index (χ2v) is 6.21. The first-order chi connectivity index (χ1) is 9.72. The summed E-state index contributed by atoms with van der Waals surface area (Å²) in [5.41, 5.74) is -0.802. The predicted octanol–water partition coefficient (Wildman–Crippen LogP) is 1.62. The number of hydrogen-bond acceptors (Lipinski definition) is 5. The molecule has 5 nitrogen and oxygen atoms in total. The summed E-state index contributed by atoms with van der Waals surface area (Å²) in [5.74, 6) is -2.54. The molecule has 2 fully saturated rings. The van der Waals surface area contributed by atoms with Gasteiger partial charge in [-0.05, 0) is 13.3 Å². The van der Waals surface area contributed by atoms with E-state index in [1.165, 1.54) is 0 Å². The van der Waals surface area contributed by atoms with Gasteiger partial charge in [-0.3, -0.25) is 0 Å². The highest BCUT2D eigenvalue weighted by Gasteiger charge is 2.74. The van der Waals surface area contributed by atoms with Crippen molar-refractivity contribution in [3.05, 3.63) is 0 Å². The van der Waals surface area contributed by atoms with Crippen LogP contribution in [0.15, 0.2) is 5.16 Å². The second-order valence-electron chi connectivity index (χ2n) is 6.21. The molecule has 3 aliphatic rings. The topological polar surface area (TPSA) is 59.9 Å². The van der Waals surface area contributed by atoms with Crippen LogP contribution in [-0.4, -0.2) is 42.1 Å². The Hall–Kier alpha value is -1.31. The molecule has 3 rings (SSSR count). The SMILES string of the molecule is CCC1(C)CC(C2C3CNCC32OC(=O)C(F)(F)F)=NO1. The lowest BCUT2D eigenvalue weighted by atomic mass is 9.94. The fourth-order valence-corrected chi connectivity index (χ4v) is 3.34. The Morgan fingerprint density at radius 3 is 2.86 bits per heavy atom. The van der Waals surface area contributed by atoms with Gasteiger partial charge in [0.1, 0.15) is 11.2 Å². The number of rotatable bonds is 3. The zero-order valence-corrected chi connectivity index (χ0v) is 11.8. The van der Waals surface area contributed by atoms with Gasteiger partial charge < -0.3 is 14.9 Å². The molecule has 8 heteroatoms. The highest BCUT2D eigenvalue weighted by Crippen LogP contribution is 2.58. The molecule has 1 aliphatic carbocycles. The summed E-state index contributed by atoms with van der Waals surface area (Å²) < 4.78 is 42.1. The maximum absolute atomic E-state index is 12.4. The number of nitrogens with zero attached hydrogens (tertiary/aromatic N) is 1. The Kier molecular flexibility index (Phi) is 3.02. The zero-order chi connectivity index (χ0) is 15.5. The normalized spacial score (nSPS) is 41.3. The van der Waals surface area contributed by atoms with Crippen LogP contribution in [0.25, 0.3) is 0 Å². The van der Waals surface area contributed by atoms with Crippen LogP contribution in [-0.2, 0) is 14.4 Å². The van der Waals surface area contributed by atoms with Crippen molar-refractivity contribution in [3.63, 3.8) is 0 Å². The van der Waals surface area contributed by atoms with Crippen LogP contribution < -0.4 is 5.32 Å². The molecule has 0 amide bonds. The van der Waals surface area contributed by atoms with Crippen molar-refractivity contribution >= 4 is 11.7 Å². The number of carbonyl (C=O) groups is 1. The van der Waals surface area contributed by atoms with Gasteiger partial charge in [0.2, 0.25) is 0 Å². The van der Waals surface area contributed by atoms with E-state index in [1.807, 2.05) is 13.8 Å². The van der Waals surface area contributed by atoms with E-state index in [0.717, 1.165) is 6.42 Å². The van der Waals surface area contributed by atoms with E-state index < -0.39 is 23.3 Å². The number of ether oxygens (including phenoxy) is 1. The Labute approximate surface area is 119 Å².